The molecule has 0 spiro atoms. The minimum Gasteiger partial charge on any atom is -0.497 e. The molecule has 0 aromatic heterocycles. The van der Waals surface area contributed by atoms with Crippen LogP contribution in [0.3, 0.4) is 0 Å². The van der Waals surface area contributed by atoms with E-state index in [1.807, 2.05) is 12.1 Å². The van der Waals surface area contributed by atoms with Gasteiger partial charge in [-0.2, -0.15) is 0 Å². The summed E-state index contributed by atoms with van der Waals surface area (Å²) in [6, 6.07) is 17.5. The van der Waals surface area contributed by atoms with Gasteiger partial charge in [-0.25, -0.2) is 0 Å². The van der Waals surface area contributed by atoms with Crippen molar-refractivity contribution >= 4 is 0 Å². The van der Waals surface area contributed by atoms with E-state index < -0.39 is 0 Å². The Balaban J connectivity index is 2.10. The molecule has 0 atom stereocenters. The standard InChI is InChI=1S/C17H20IO/c1-17(2,3)13-5-7-14(8-6-13)18-15-9-11-16(19-4)12-10-15/h5-12H,1-4H3/q+1. The van der Waals surface area contributed by atoms with Crippen molar-refractivity contribution in [2.45, 2.75) is 26.2 Å². The van der Waals surface area contributed by atoms with E-state index in [9.17, 15) is 0 Å². The minimum absolute atomic E-state index is 0.0944. The van der Waals surface area contributed by atoms with Crippen molar-refractivity contribution in [2.75, 3.05) is 7.11 Å². The van der Waals surface area contributed by atoms with E-state index in [-0.39, 0.29) is 26.6 Å². The Hall–Kier alpha value is -1.03. The number of halogens is 1. The van der Waals surface area contributed by atoms with Crippen molar-refractivity contribution in [3.63, 3.8) is 0 Å². The summed E-state index contributed by atoms with van der Waals surface area (Å²) in [6.07, 6.45) is 0. The largest absolute Gasteiger partial charge is 0.497 e. The first-order chi connectivity index (χ1) is 8.99. The van der Waals surface area contributed by atoms with Crippen molar-refractivity contribution in [3.05, 3.63) is 61.2 Å². The lowest BCUT2D eigenvalue weighted by molar-refractivity contribution is -0.597. The van der Waals surface area contributed by atoms with Gasteiger partial charge in [0, 0.05) is 0 Å². The van der Waals surface area contributed by atoms with Gasteiger partial charge in [0.1, 0.15) is 5.75 Å². The summed E-state index contributed by atoms with van der Waals surface area (Å²) >= 11 is -0.0944. The molecule has 100 valence electrons. The molecule has 2 aromatic carbocycles. The zero-order valence-corrected chi connectivity index (χ0v) is 14.1. The van der Waals surface area contributed by atoms with Crippen molar-refractivity contribution in [3.8, 4) is 5.75 Å². The van der Waals surface area contributed by atoms with E-state index in [0.29, 0.717) is 0 Å². The molecule has 2 aromatic rings. The molecule has 2 rings (SSSR count). The molecule has 0 saturated carbocycles. The van der Waals surface area contributed by atoms with Crippen LogP contribution in [0.1, 0.15) is 26.3 Å². The first kappa shape index (κ1) is 14.4. The number of methoxy groups -OCH3 is 1. The van der Waals surface area contributed by atoms with E-state index in [2.05, 4.69) is 57.2 Å². The zero-order chi connectivity index (χ0) is 13.9. The fourth-order valence-corrected chi connectivity index (χ4v) is 3.93. The number of ether oxygens (including phenoxy) is 1. The second kappa shape index (κ2) is 5.95. The van der Waals surface area contributed by atoms with Gasteiger partial charge in [-0.15, -0.1) is 0 Å². The highest BCUT2D eigenvalue weighted by atomic mass is 127. The van der Waals surface area contributed by atoms with E-state index in [1.54, 1.807) is 7.11 Å². The lowest BCUT2D eigenvalue weighted by Gasteiger charge is -2.18. The van der Waals surface area contributed by atoms with Crippen LogP contribution in [0, 0.1) is 7.14 Å². The second-order valence-corrected chi connectivity index (χ2v) is 8.54. The van der Waals surface area contributed by atoms with Crippen LogP contribution in [-0.4, -0.2) is 7.11 Å². The number of benzene rings is 2. The van der Waals surface area contributed by atoms with Gasteiger partial charge in [0.05, 0.1) is 7.11 Å². The van der Waals surface area contributed by atoms with Gasteiger partial charge in [-0.3, -0.25) is 0 Å². The molecule has 0 aliphatic heterocycles. The SMILES string of the molecule is COc1ccc([I+]c2ccc(C(C)(C)C)cc2)cc1. The van der Waals surface area contributed by atoms with Crippen LogP contribution in [0.25, 0.3) is 0 Å². The van der Waals surface area contributed by atoms with Crippen LogP contribution in [0.5, 0.6) is 5.75 Å². The first-order valence-electron chi connectivity index (χ1n) is 6.38. The highest BCUT2D eigenvalue weighted by molar-refractivity contribution is 5.23. The van der Waals surface area contributed by atoms with Crippen LogP contribution in [0.2, 0.25) is 0 Å². The molecule has 0 unspecified atom stereocenters. The van der Waals surface area contributed by atoms with Crippen LogP contribution in [0.15, 0.2) is 48.5 Å². The van der Waals surface area contributed by atoms with Gasteiger partial charge in [-0.1, -0.05) is 32.9 Å². The van der Waals surface area contributed by atoms with E-state index >= 15 is 0 Å². The third-order valence-corrected chi connectivity index (χ3v) is 5.66. The summed E-state index contributed by atoms with van der Waals surface area (Å²) in [4.78, 5) is 0. The topological polar surface area (TPSA) is 9.23 Å². The van der Waals surface area contributed by atoms with Crippen LogP contribution < -0.4 is 25.9 Å². The van der Waals surface area contributed by atoms with Gasteiger partial charge in [-0.05, 0) is 47.4 Å². The average Bonchev–Trinajstić information content (AvgIpc) is 2.39. The molecule has 1 nitrogen and oxygen atoms in total. The van der Waals surface area contributed by atoms with Gasteiger partial charge < -0.3 is 4.74 Å². The Kier molecular flexibility index (Phi) is 4.50. The van der Waals surface area contributed by atoms with Gasteiger partial charge in [0.25, 0.3) is 0 Å². The molecular weight excluding hydrogens is 347 g/mol. The zero-order valence-electron chi connectivity index (χ0n) is 11.9. The van der Waals surface area contributed by atoms with E-state index in [0.717, 1.165) is 5.75 Å². The molecule has 0 radical (unpaired) electrons. The summed E-state index contributed by atoms with van der Waals surface area (Å²) in [7, 11) is 1.70. The summed E-state index contributed by atoms with van der Waals surface area (Å²) in [5, 5.41) is 0. The van der Waals surface area contributed by atoms with E-state index in [1.165, 1.54) is 12.7 Å². The molecule has 0 fully saturated rings. The van der Waals surface area contributed by atoms with Gasteiger partial charge in [0.15, 0.2) is 7.14 Å². The minimum atomic E-state index is -0.0944. The maximum absolute atomic E-state index is 5.18. The Morgan fingerprint density at radius 3 is 1.68 bits per heavy atom. The molecule has 0 heterocycles. The molecular formula is C17H20IO+. The predicted octanol–water partition coefficient (Wildman–Crippen LogP) is 1.12. The Morgan fingerprint density at radius 2 is 1.26 bits per heavy atom. The summed E-state index contributed by atoms with van der Waals surface area (Å²) < 4.78 is 8.06. The maximum Gasteiger partial charge on any atom is 0.357 e. The Labute approximate surface area is 126 Å². The summed E-state index contributed by atoms with van der Waals surface area (Å²) in [6.45, 7) is 6.75. The fraction of sp³-hybridized carbons (Fsp3) is 0.294. The molecule has 0 saturated heterocycles. The predicted molar refractivity (Wildman–Crippen MR) is 75.5 cm³/mol. The van der Waals surface area contributed by atoms with Crippen molar-refractivity contribution in [1.29, 1.82) is 0 Å². The summed E-state index contributed by atoms with van der Waals surface area (Å²) in [5.41, 5.74) is 1.63. The van der Waals surface area contributed by atoms with Crippen LogP contribution in [-0.2, 0) is 5.41 Å². The maximum atomic E-state index is 5.18. The molecule has 0 aliphatic rings. The lowest BCUT2D eigenvalue weighted by Crippen LogP contribution is -3.61. The van der Waals surface area contributed by atoms with Gasteiger partial charge in [0.2, 0.25) is 0 Å². The number of hydrogen-bond donors (Lipinski definition) is 0. The average molecular weight is 367 g/mol. The molecule has 0 N–H and O–H groups in total. The quantitative estimate of drug-likeness (QED) is 0.739. The number of rotatable bonds is 3. The Bertz CT molecular complexity index is 521. The lowest BCUT2D eigenvalue weighted by atomic mass is 9.87. The van der Waals surface area contributed by atoms with E-state index in [4.69, 9.17) is 4.74 Å². The van der Waals surface area contributed by atoms with Crippen molar-refractivity contribution < 1.29 is 25.9 Å². The molecule has 19 heavy (non-hydrogen) atoms. The normalized spacial score (nSPS) is 11.4. The third-order valence-electron chi connectivity index (χ3n) is 2.98. The molecule has 0 amide bonds. The van der Waals surface area contributed by atoms with Crippen LogP contribution >= 0.6 is 0 Å². The first-order valence-corrected chi connectivity index (χ1v) is 8.54. The van der Waals surface area contributed by atoms with Gasteiger partial charge >= 0.3 is 21.2 Å². The molecule has 0 bridgehead atoms. The summed E-state index contributed by atoms with van der Waals surface area (Å²) in [5.74, 6) is 0.927. The second-order valence-electron chi connectivity index (χ2n) is 5.51. The third kappa shape index (κ3) is 3.96. The van der Waals surface area contributed by atoms with Crippen molar-refractivity contribution in [1.82, 2.24) is 0 Å². The highest BCUT2D eigenvalue weighted by Crippen LogP contribution is 2.20. The monoisotopic (exact) mass is 367 g/mol. The molecule has 0 aliphatic carbocycles. The van der Waals surface area contributed by atoms with Crippen LogP contribution in [0.4, 0.5) is 0 Å². The highest BCUT2D eigenvalue weighted by Gasteiger charge is 2.18. The fourth-order valence-electron chi connectivity index (χ4n) is 1.77. The van der Waals surface area contributed by atoms with Crippen molar-refractivity contribution in [2.24, 2.45) is 0 Å². The Morgan fingerprint density at radius 1 is 0.789 bits per heavy atom. The number of hydrogen-bond acceptors (Lipinski definition) is 1. The smallest absolute Gasteiger partial charge is 0.357 e. The molecule has 2 heteroatoms.